The van der Waals surface area contributed by atoms with Crippen LogP contribution in [0, 0.1) is 0 Å². The lowest BCUT2D eigenvalue weighted by molar-refractivity contribution is -0.116. The van der Waals surface area contributed by atoms with Crippen LogP contribution in [0.2, 0.25) is 0 Å². The second-order valence-corrected chi connectivity index (χ2v) is 7.02. The lowest BCUT2D eigenvalue weighted by atomic mass is 10.1. The van der Waals surface area contributed by atoms with Crippen molar-refractivity contribution >= 4 is 23.0 Å². The quantitative estimate of drug-likeness (QED) is 0.753. The molecule has 2 N–H and O–H groups in total. The summed E-state index contributed by atoms with van der Waals surface area (Å²) >= 11 is 0. The Hall–Kier alpha value is -2.89. The van der Waals surface area contributed by atoms with E-state index in [9.17, 15) is 4.79 Å². The molecule has 150 valence electrons. The number of methoxy groups -OCH3 is 2. The van der Waals surface area contributed by atoms with Gasteiger partial charge in [0.25, 0.3) is 0 Å². The molecule has 1 saturated heterocycles. The molecule has 1 aliphatic rings. The largest absolute Gasteiger partial charge is 0.493 e. The fraction of sp³-hybridized carbons (Fsp3) is 0.409. The fourth-order valence-electron chi connectivity index (χ4n) is 3.40. The molecule has 6 nitrogen and oxygen atoms in total. The first-order valence-electron chi connectivity index (χ1n) is 9.75. The Morgan fingerprint density at radius 2 is 1.57 bits per heavy atom. The molecular weight excluding hydrogens is 354 g/mol. The van der Waals surface area contributed by atoms with Gasteiger partial charge in [-0.15, -0.1) is 0 Å². The summed E-state index contributed by atoms with van der Waals surface area (Å²) in [5.74, 6) is 1.09. The van der Waals surface area contributed by atoms with Gasteiger partial charge < -0.3 is 25.0 Å². The molecule has 3 rings (SSSR count). The molecule has 2 aromatic carbocycles. The third-order valence-electron chi connectivity index (χ3n) is 5.02. The normalized spacial score (nSPS) is 14.9. The zero-order valence-corrected chi connectivity index (χ0v) is 16.8. The number of carbonyl (C=O) groups excluding carboxylic acids is 1. The Morgan fingerprint density at radius 3 is 2.21 bits per heavy atom. The van der Waals surface area contributed by atoms with Crippen LogP contribution in [-0.2, 0) is 4.79 Å². The summed E-state index contributed by atoms with van der Waals surface area (Å²) in [6.45, 7) is 4.09. The Balaban J connectivity index is 1.58. The molecule has 1 amide bonds. The van der Waals surface area contributed by atoms with E-state index in [1.165, 1.54) is 24.9 Å². The highest BCUT2D eigenvalue weighted by Crippen LogP contribution is 2.30. The second-order valence-electron chi connectivity index (χ2n) is 7.02. The van der Waals surface area contributed by atoms with Crippen molar-refractivity contribution in [3.8, 4) is 11.5 Å². The monoisotopic (exact) mass is 383 g/mol. The Bertz CT molecular complexity index is 786. The number of benzene rings is 2. The molecule has 0 aromatic heterocycles. The van der Waals surface area contributed by atoms with Crippen molar-refractivity contribution in [3.05, 3.63) is 42.5 Å². The number of nitrogens with zero attached hydrogens (tertiary/aromatic N) is 1. The summed E-state index contributed by atoms with van der Waals surface area (Å²) in [5, 5.41) is 6.16. The zero-order valence-electron chi connectivity index (χ0n) is 16.8. The van der Waals surface area contributed by atoms with E-state index in [2.05, 4.69) is 27.7 Å². The smallest absolute Gasteiger partial charge is 0.246 e. The molecule has 1 aliphatic heterocycles. The number of amides is 1. The maximum Gasteiger partial charge on any atom is 0.246 e. The number of hydrogen-bond donors (Lipinski definition) is 2. The van der Waals surface area contributed by atoms with Crippen LogP contribution in [0.4, 0.5) is 17.1 Å². The van der Waals surface area contributed by atoms with E-state index in [1.807, 2.05) is 19.1 Å². The van der Waals surface area contributed by atoms with Crippen LogP contribution in [0.15, 0.2) is 42.5 Å². The third kappa shape index (κ3) is 4.88. The number of carbonyl (C=O) groups is 1. The second kappa shape index (κ2) is 9.35. The van der Waals surface area contributed by atoms with Gasteiger partial charge in [-0.05, 0) is 62.6 Å². The minimum atomic E-state index is -0.381. The van der Waals surface area contributed by atoms with Crippen molar-refractivity contribution in [2.45, 2.75) is 32.2 Å². The highest BCUT2D eigenvalue weighted by atomic mass is 16.5. The van der Waals surface area contributed by atoms with Crippen LogP contribution < -0.4 is 25.0 Å². The van der Waals surface area contributed by atoms with Gasteiger partial charge in [-0.2, -0.15) is 0 Å². The van der Waals surface area contributed by atoms with E-state index in [-0.39, 0.29) is 11.9 Å². The number of rotatable bonds is 7. The first-order chi connectivity index (χ1) is 13.6. The fourth-order valence-corrected chi connectivity index (χ4v) is 3.40. The average molecular weight is 383 g/mol. The maximum atomic E-state index is 12.5. The van der Waals surface area contributed by atoms with Gasteiger partial charge in [0.1, 0.15) is 6.04 Å². The summed E-state index contributed by atoms with van der Waals surface area (Å²) in [4.78, 5) is 14.9. The first-order valence-corrected chi connectivity index (χ1v) is 9.75. The van der Waals surface area contributed by atoms with E-state index in [0.29, 0.717) is 17.2 Å². The van der Waals surface area contributed by atoms with Gasteiger partial charge in [-0.1, -0.05) is 0 Å². The van der Waals surface area contributed by atoms with Crippen LogP contribution in [0.1, 0.15) is 26.2 Å². The summed E-state index contributed by atoms with van der Waals surface area (Å²) in [7, 11) is 3.15. The standard InChI is InChI=1S/C22H29N3O3/c1-16(22(26)24-18-9-12-20(27-2)21(15-18)28-3)23-17-7-10-19(11-8-17)25-13-5-4-6-14-25/h7-12,15-16,23H,4-6,13-14H2,1-3H3,(H,24,26)/t16-/m0/s1. The predicted molar refractivity (Wildman–Crippen MR) is 114 cm³/mol. The summed E-state index contributed by atoms with van der Waals surface area (Å²) < 4.78 is 10.5. The molecule has 0 spiro atoms. The van der Waals surface area contributed by atoms with Crippen molar-refractivity contribution in [1.29, 1.82) is 0 Å². The Kier molecular flexibility index (Phi) is 6.63. The minimum absolute atomic E-state index is 0.118. The molecule has 2 aromatic rings. The molecule has 0 aliphatic carbocycles. The Labute approximate surface area is 166 Å². The van der Waals surface area contributed by atoms with Crippen molar-refractivity contribution < 1.29 is 14.3 Å². The van der Waals surface area contributed by atoms with Crippen LogP contribution in [0.25, 0.3) is 0 Å². The van der Waals surface area contributed by atoms with Crippen LogP contribution in [0.3, 0.4) is 0 Å². The Morgan fingerprint density at radius 1 is 0.929 bits per heavy atom. The maximum absolute atomic E-state index is 12.5. The molecule has 0 radical (unpaired) electrons. The predicted octanol–water partition coefficient (Wildman–Crippen LogP) is 4.13. The van der Waals surface area contributed by atoms with Crippen molar-refractivity contribution in [1.82, 2.24) is 0 Å². The van der Waals surface area contributed by atoms with E-state index in [0.717, 1.165) is 18.8 Å². The van der Waals surface area contributed by atoms with Gasteiger partial charge in [0.2, 0.25) is 5.91 Å². The van der Waals surface area contributed by atoms with Gasteiger partial charge in [-0.3, -0.25) is 4.79 Å². The van der Waals surface area contributed by atoms with Gasteiger partial charge in [0.05, 0.1) is 14.2 Å². The number of anilines is 3. The summed E-state index contributed by atoms with van der Waals surface area (Å²) in [5.41, 5.74) is 2.83. The van der Waals surface area contributed by atoms with Crippen molar-refractivity contribution in [2.75, 3.05) is 42.8 Å². The zero-order chi connectivity index (χ0) is 19.9. The SMILES string of the molecule is COc1ccc(NC(=O)[C@H](C)Nc2ccc(N3CCCCC3)cc2)cc1OC. The summed E-state index contributed by atoms with van der Waals surface area (Å²) in [6.07, 6.45) is 3.84. The van der Waals surface area contributed by atoms with E-state index in [4.69, 9.17) is 9.47 Å². The van der Waals surface area contributed by atoms with E-state index >= 15 is 0 Å². The van der Waals surface area contributed by atoms with Gasteiger partial charge in [0.15, 0.2) is 11.5 Å². The lowest BCUT2D eigenvalue weighted by Gasteiger charge is -2.29. The van der Waals surface area contributed by atoms with Crippen LogP contribution in [-0.4, -0.2) is 39.3 Å². The molecule has 0 bridgehead atoms. The third-order valence-corrected chi connectivity index (χ3v) is 5.02. The molecule has 1 heterocycles. The van der Waals surface area contributed by atoms with Crippen molar-refractivity contribution in [3.63, 3.8) is 0 Å². The average Bonchev–Trinajstić information content (AvgIpc) is 2.74. The number of ether oxygens (including phenoxy) is 2. The number of piperidine rings is 1. The molecule has 1 fully saturated rings. The summed E-state index contributed by atoms with van der Waals surface area (Å²) in [6, 6.07) is 13.2. The molecule has 0 unspecified atom stereocenters. The van der Waals surface area contributed by atoms with Crippen LogP contribution >= 0.6 is 0 Å². The number of hydrogen-bond acceptors (Lipinski definition) is 5. The first kappa shape index (κ1) is 19.9. The van der Waals surface area contributed by atoms with Gasteiger partial charge in [0, 0.05) is 36.2 Å². The highest BCUT2D eigenvalue weighted by Gasteiger charge is 2.15. The molecule has 0 saturated carbocycles. The van der Waals surface area contributed by atoms with Crippen molar-refractivity contribution in [2.24, 2.45) is 0 Å². The van der Waals surface area contributed by atoms with E-state index < -0.39 is 0 Å². The highest BCUT2D eigenvalue weighted by molar-refractivity contribution is 5.96. The van der Waals surface area contributed by atoms with Gasteiger partial charge >= 0.3 is 0 Å². The van der Waals surface area contributed by atoms with E-state index in [1.54, 1.807) is 32.4 Å². The number of nitrogens with one attached hydrogen (secondary N) is 2. The molecular formula is C22H29N3O3. The topological polar surface area (TPSA) is 62.8 Å². The van der Waals surface area contributed by atoms with Crippen LogP contribution in [0.5, 0.6) is 11.5 Å². The molecule has 1 atom stereocenters. The molecule has 6 heteroatoms. The van der Waals surface area contributed by atoms with Gasteiger partial charge in [-0.25, -0.2) is 0 Å². The lowest BCUT2D eigenvalue weighted by Crippen LogP contribution is -2.32. The molecule has 28 heavy (non-hydrogen) atoms. The minimum Gasteiger partial charge on any atom is -0.493 e.